The number of amides is 1. The molecule has 3 aromatic rings. The van der Waals surface area contributed by atoms with Crippen LogP contribution in [0.5, 0.6) is 0 Å². The summed E-state index contributed by atoms with van der Waals surface area (Å²) in [6, 6.07) is 18.1. The van der Waals surface area contributed by atoms with Crippen LogP contribution in [0.3, 0.4) is 0 Å². The van der Waals surface area contributed by atoms with Crippen LogP contribution in [0.25, 0.3) is 21.8 Å². The monoisotopic (exact) mass is 322 g/mol. The molecule has 23 heavy (non-hydrogen) atoms. The zero-order valence-corrected chi connectivity index (χ0v) is 14.0. The van der Waals surface area contributed by atoms with Gasteiger partial charge in [0.1, 0.15) is 5.01 Å². The average molecular weight is 322 g/mol. The van der Waals surface area contributed by atoms with Gasteiger partial charge in [-0.25, -0.2) is 4.98 Å². The number of benzene rings is 2. The summed E-state index contributed by atoms with van der Waals surface area (Å²) >= 11 is 1.70. The molecule has 2 aromatic carbocycles. The standard InChI is InChI=1S/C19H18N2OS/c1-3-17(22)20-16-11-9-14(10-12-16)18-13(2)23-19(21-18)15-7-5-4-6-8-15/h4-12H,3H2,1-2H3,(H,20,22). The second-order valence-corrected chi connectivity index (χ2v) is 6.47. The van der Waals surface area contributed by atoms with E-state index in [9.17, 15) is 4.79 Å². The number of thiazole rings is 1. The summed E-state index contributed by atoms with van der Waals surface area (Å²) in [6.07, 6.45) is 0.480. The lowest BCUT2D eigenvalue weighted by atomic mass is 10.1. The van der Waals surface area contributed by atoms with Crippen LogP contribution in [-0.4, -0.2) is 10.9 Å². The van der Waals surface area contributed by atoms with Gasteiger partial charge >= 0.3 is 0 Å². The minimum Gasteiger partial charge on any atom is -0.326 e. The fraction of sp³-hybridized carbons (Fsp3) is 0.158. The second-order valence-electron chi connectivity index (χ2n) is 5.27. The van der Waals surface area contributed by atoms with Crippen LogP contribution in [-0.2, 0) is 4.79 Å². The van der Waals surface area contributed by atoms with E-state index in [1.54, 1.807) is 11.3 Å². The van der Waals surface area contributed by atoms with Gasteiger partial charge < -0.3 is 5.32 Å². The van der Waals surface area contributed by atoms with Crippen molar-refractivity contribution in [2.24, 2.45) is 0 Å². The Balaban J connectivity index is 1.87. The van der Waals surface area contributed by atoms with E-state index in [0.29, 0.717) is 6.42 Å². The first-order chi connectivity index (χ1) is 11.2. The fourth-order valence-electron chi connectivity index (χ4n) is 2.33. The maximum atomic E-state index is 11.4. The summed E-state index contributed by atoms with van der Waals surface area (Å²) in [6.45, 7) is 3.93. The van der Waals surface area contributed by atoms with Crippen molar-refractivity contribution in [1.29, 1.82) is 0 Å². The lowest BCUT2D eigenvalue weighted by molar-refractivity contribution is -0.115. The molecule has 1 heterocycles. The molecule has 3 nitrogen and oxygen atoms in total. The number of aryl methyl sites for hydroxylation is 1. The van der Waals surface area contributed by atoms with E-state index in [1.165, 1.54) is 4.88 Å². The summed E-state index contributed by atoms with van der Waals surface area (Å²) < 4.78 is 0. The van der Waals surface area contributed by atoms with Crippen molar-refractivity contribution >= 4 is 22.9 Å². The number of rotatable bonds is 4. The fourth-order valence-corrected chi connectivity index (χ4v) is 3.27. The molecule has 0 unspecified atom stereocenters. The smallest absolute Gasteiger partial charge is 0.224 e. The molecular formula is C19H18N2OS. The number of nitrogens with one attached hydrogen (secondary N) is 1. The number of aromatic nitrogens is 1. The Labute approximate surface area is 140 Å². The van der Waals surface area contributed by atoms with Crippen molar-refractivity contribution in [3.8, 4) is 21.8 Å². The van der Waals surface area contributed by atoms with Crippen LogP contribution in [0.4, 0.5) is 5.69 Å². The summed E-state index contributed by atoms with van der Waals surface area (Å²) in [4.78, 5) is 17.4. The zero-order valence-electron chi connectivity index (χ0n) is 13.2. The van der Waals surface area contributed by atoms with Crippen molar-refractivity contribution < 1.29 is 4.79 Å². The molecule has 0 saturated carbocycles. The molecule has 0 aliphatic carbocycles. The maximum absolute atomic E-state index is 11.4. The largest absolute Gasteiger partial charge is 0.326 e. The van der Waals surface area contributed by atoms with Gasteiger partial charge in [-0.05, 0) is 19.1 Å². The van der Waals surface area contributed by atoms with Crippen molar-refractivity contribution in [1.82, 2.24) is 4.98 Å². The highest BCUT2D eigenvalue weighted by Gasteiger charge is 2.11. The Morgan fingerprint density at radius 2 is 1.74 bits per heavy atom. The van der Waals surface area contributed by atoms with Crippen molar-refractivity contribution in [2.45, 2.75) is 20.3 Å². The van der Waals surface area contributed by atoms with E-state index >= 15 is 0 Å². The number of anilines is 1. The molecule has 0 radical (unpaired) electrons. The zero-order chi connectivity index (χ0) is 16.2. The Bertz CT molecular complexity index is 807. The van der Waals surface area contributed by atoms with Gasteiger partial charge in [0.2, 0.25) is 5.91 Å². The minimum atomic E-state index is 0.0222. The van der Waals surface area contributed by atoms with Gasteiger partial charge in [0.15, 0.2) is 0 Å². The normalized spacial score (nSPS) is 10.5. The number of hydrogen-bond acceptors (Lipinski definition) is 3. The van der Waals surface area contributed by atoms with Gasteiger partial charge in [-0.2, -0.15) is 0 Å². The van der Waals surface area contributed by atoms with Crippen LogP contribution >= 0.6 is 11.3 Å². The van der Waals surface area contributed by atoms with E-state index in [-0.39, 0.29) is 5.91 Å². The number of nitrogens with zero attached hydrogens (tertiary/aromatic N) is 1. The molecule has 4 heteroatoms. The quantitative estimate of drug-likeness (QED) is 0.723. The first kappa shape index (κ1) is 15.4. The third-order valence-corrected chi connectivity index (χ3v) is 4.60. The molecular weight excluding hydrogens is 304 g/mol. The molecule has 1 aromatic heterocycles. The first-order valence-electron chi connectivity index (χ1n) is 7.60. The van der Waals surface area contributed by atoms with Crippen molar-refractivity contribution in [3.05, 3.63) is 59.5 Å². The van der Waals surface area contributed by atoms with E-state index in [1.807, 2.05) is 49.4 Å². The average Bonchev–Trinajstić information content (AvgIpc) is 2.98. The summed E-state index contributed by atoms with van der Waals surface area (Å²) in [5.41, 5.74) is 4.02. The highest BCUT2D eigenvalue weighted by molar-refractivity contribution is 7.15. The second kappa shape index (κ2) is 6.75. The van der Waals surface area contributed by atoms with Gasteiger partial charge in [-0.3, -0.25) is 4.79 Å². The third kappa shape index (κ3) is 3.48. The lowest BCUT2D eigenvalue weighted by Crippen LogP contribution is -2.09. The molecule has 0 atom stereocenters. The lowest BCUT2D eigenvalue weighted by Gasteiger charge is -2.04. The van der Waals surface area contributed by atoms with Gasteiger partial charge in [0.25, 0.3) is 0 Å². The topological polar surface area (TPSA) is 42.0 Å². The van der Waals surface area contributed by atoms with E-state index in [2.05, 4.69) is 24.4 Å². The van der Waals surface area contributed by atoms with E-state index < -0.39 is 0 Å². The molecule has 0 spiro atoms. The minimum absolute atomic E-state index is 0.0222. The number of carbonyl (C=O) groups excluding carboxylic acids is 1. The summed E-state index contributed by atoms with van der Waals surface area (Å²) in [5, 5.41) is 3.89. The maximum Gasteiger partial charge on any atom is 0.224 e. The van der Waals surface area contributed by atoms with Crippen LogP contribution in [0, 0.1) is 6.92 Å². The van der Waals surface area contributed by atoms with E-state index in [0.717, 1.165) is 27.5 Å². The Morgan fingerprint density at radius 1 is 1.04 bits per heavy atom. The van der Waals surface area contributed by atoms with Gasteiger partial charge in [0, 0.05) is 28.1 Å². The number of carbonyl (C=O) groups is 1. The molecule has 1 N–H and O–H groups in total. The summed E-state index contributed by atoms with van der Waals surface area (Å²) in [7, 11) is 0. The van der Waals surface area contributed by atoms with Crippen LogP contribution < -0.4 is 5.32 Å². The van der Waals surface area contributed by atoms with Crippen molar-refractivity contribution in [3.63, 3.8) is 0 Å². The van der Waals surface area contributed by atoms with Gasteiger partial charge in [0.05, 0.1) is 5.69 Å². The Hall–Kier alpha value is -2.46. The first-order valence-corrected chi connectivity index (χ1v) is 8.42. The van der Waals surface area contributed by atoms with Gasteiger partial charge in [-0.15, -0.1) is 11.3 Å². The van der Waals surface area contributed by atoms with Crippen LogP contribution in [0.1, 0.15) is 18.2 Å². The molecule has 0 aliphatic heterocycles. The number of hydrogen-bond donors (Lipinski definition) is 1. The highest BCUT2D eigenvalue weighted by Crippen LogP contribution is 2.33. The molecule has 116 valence electrons. The Morgan fingerprint density at radius 3 is 2.39 bits per heavy atom. The molecule has 1 amide bonds. The molecule has 0 bridgehead atoms. The molecule has 0 saturated heterocycles. The molecule has 0 aliphatic rings. The predicted molar refractivity (Wildman–Crippen MR) is 96.6 cm³/mol. The van der Waals surface area contributed by atoms with E-state index in [4.69, 9.17) is 4.98 Å². The summed E-state index contributed by atoms with van der Waals surface area (Å²) in [5.74, 6) is 0.0222. The molecule has 0 fully saturated rings. The van der Waals surface area contributed by atoms with Crippen LogP contribution in [0.2, 0.25) is 0 Å². The molecule has 3 rings (SSSR count). The van der Waals surface area contributed by atoms with Crippen LogP contribution in [0.15, 0.2) is 54.6 Å². The SMILES string of the molecule is CCC(=O)Nc1ccc(-c2nc(-c3ccccc3)sc2C)cc1. The van der Waals surface area contributed by atoms with Crippen molar-refractivity contribution in [2.75, 3.05) is 5.32 Å². The Kier molecular flexibility index (Phi) is 4.53. The highest BCUT2D eigenvalue weighted by atomic mass is 32.1. The third-order valence-electron chi connectivity index (χ3n) is 3.58. The predicted octanol–water partition coefficient (Wildman–Crippen LogP) is 5.13. The van der Waals surface area contributed by atoms with Gasteiger partial charge in [-0.1, -0.05) is 49.4 Å².